The molecule has 11 heavy (non-hydrogen) atoms. The standard InChI is InChI=1S/C6H11N2O3/c1-10-11-6(9)5-3-2-4-7-8-5/h5,7H,2-4H2,1H3. The lowest BCUT2D eigenvalue weighted by atomic mass is 10.1. The monoisotopic (exact) mass is 159 g/mol. The SMILES string of the molecule is COOC(=O)C1CCCN[N]1. The Bertz CT molecular complexity index is 134. The first kappa shape index (κ1) is 8.45. The van der Waals surface area contributed by atoms with Gasteiger partial charge in [-0.05, 0) is 12.8 Å². The predicted molar refractivity (Wildman–Crippen MR) is 36.3 cm³/mol. The highest BCUT2D eigenvalue weighted by Gasteiger charge is 2.23. The molecule has 1 aliphatic rings. The summed E-state index contributed by atoms with van der Waals surface area (Å²) in [6, 6.07) is -0.399. The van der Waals surface area contributed by atoms with Crippen molar-refractivity contribution in [3.63, 3.8) is 0 Å². The van der Waals surface area contributed by atoms with Crippen molar-refractivity contribution in [2.45, 2.75) is 18.9 Å². The van der Waals surface area contributed by atoms with Gasteiger partial charge < -0.3 is 0 Å². The van der Waals surface area contributed by atoms with Gasteiger partial charge in [-0.1, -0.05) is 0 Å². The summed E-state index contributed by atoms with van der Waals surface area (Å²) >= 11 is 0. The number of carbonyl (C=O) groups is 1. The first-order valence-corrected chi connectivity index (χ1v) is 3.52. The summed E-state index contributed by atoms with van der Waals surface area (Å²) in [6.07, 6.45) is 1.67. The minimum absolute atomic E-state index is 0.399. The zero-order chi connectivity index (χ0) is 8.10. The summed E-state index contributed by atoms with van der Waals surface area (Å²) in [4.78, 5) is 19.4. The van der Waals surface area contributed by atoms with Crippen LogP contribution in [0.3, 0.4) is 0 Å². The fourth-order valence-electron chi connectivity index (χ4n) is 0.922. The van der Waals surface area contributed by atoms with Crippen LogP contribution in [0.4, 0.5) is 0 Å². The molecule has 5 nitrogen and oxygen atoms in total. The van der Waals surface area contributed by atoms with Crippen LogP contribution >= 0.6 is 0 Å². The van der Waals surface area contributed by atoms with Crippen LogP contribution in [-0.4, -0.2) is 25.7 Å². The Kier molecular flexibility index (Phi) is 3.28. The van der Waals surface area contributed by atoms with E-state index in [1.54, 1.807) is 0 Å². The maximum atomic E-state index is 10.9. The lowest BCUT2D eigenvalue weighted by Crippen LogP contribution is -2.44. The molecule has 0 spiro atoms. The van der Waals surface area contributed by atoms with E-state index in [9.17, 15) is 4.79 Å². The third-order valence-electron chi connectivity index (χ3n) is 1.45. The number of hydrogen-bond donors (Lipinski definition) is 1. The second-order valence-electron chi connectivity index (χ2n) is 2.26. The van der Waals surface area contributed by atoms with E-state index in [4.69, 9.17) is 0 Å². The Morgan fingerprint density at radius 1 is 1.73 bits per heavy atom. The van der Waals surface area contributed by atoms with Crippen LogP contribution in [0.2, 0.25) is 0 Å². The molecule has 0 bridgehead atoms. The van der Waals surface area contributed by atoms with E-state index in [2.05, 4.69) is 20.6 Å². The lowest BCUT2D eigenvalue weighted by molar-refractivity contribution is -0.257. The molecule has 1 N–H and O–H groups in total. The number of nitrogens with zero attached hydrogens (tertiary/aromatic N) is 1. The molecule has 1 atom stereocenters. The van der Waals surface area contributed by atoms with E-state index in [1.807, 2.05) is 0 Å². The van der Waals surface area contributed by atoms with E-state index in [0.29, 0.717) is 0 Å². The highest BCUT2D eigenvalue weighted by molar-refractivity contribution is 5.75. The summed E-state index contributed by atoms with van der Waals surface area (Å²) in [5.41, 5.74) is 6.59. The fraction of sp³-hybridized carbons (Fsp3) is 0.833. The highest BCUT2D eigenvalue weighted by Crippen LogP contribution is 2.03. The maximum Gasteiger partial charge on any atom is 0.362 e. The first-order valence-electron chi connectivity index (χ1n) is 3.52. The van der Waals surface area contributed by atoms with Gasteiger partial charge >= 0.3 is 5.97 Å². The first-order chi connectivity index (χ1) is 5.34. The van der Waals surface area contributed by atoms with Gasteiger partial charge in [0.05, 0.1) is 7.11 Å². The van der Waals surface area contributed by atoms with Crippen molar-refractivity contribution in [2.24, 2.45) is 0 Å². The average Bonchev–Trinajstić information content (AvgIpc) is 2.07. The van der Waals surface area contributed by atoms with E-state index < -0.39 is 12.0 Å². The van der Waals surface area contributed by atoms with E-state index in [-0.39, 0.29) is 0 Å². The predicted octanol–water partition coefficient (Wildman–Crippen LogP) is -0.638. The number of carbonyl (C=O) groups excluding carboxylic acids is 1. The Balaban J connectivity index is 2.27. The van der Waals surface area contributed by atoms with Crippen molar-refractivity contribution in [1.29, 1.82) is 0 Å². The number of rotatable bonds is 2. The molecule has 1 fully saturated rings. The van der Waals surface area contributed by atoms with Gasteiger partial charge in [-0.25, -0.2) is 10.2 Å². The van der Waals surface area contributed by atoms with Gasteiger partial charge in [0.15, 0.2) is 0 Å². The molecule has 0 aromatic carbocycles. The summed E-state index contributed by atoms with van der Waals surface area (Å²) in [5.74, 6) is -0.431. The molecule has 1 heterocycles. The molecule has 0 aliphatic carbocycles. The molecule has 1 radical (unpaired) electrons. The zero-order valence-electron chi connectivity index (χ0n) is 6.37. The van der Waals surface area contributed by atoms with Crippen LogP contribution < -0.4 is 10.9 Å². The van der Waals surface area contributed by atoms with Gasteiger partial charge in [0.1, 0.15) is 6.04 Å². The van der Waals surface area contributed by atoms with Gasteiger partial charge in [0, 0.05) is 6.54 Å². The quantitative estimate of drug-likeness (QED) is 0.430. The largest absolute Gasteiger partial charge is 0.362 e. The minimum Gasteiger partial charge on any atom is -0.297 e. The molecule has 1 saturated heterocycles. The maximum absolute atomic E-state index is 10.9. The number of hydrogen-bond acceptors (Lipinski definition) is 4. The second kappa shape index (κ2) is 4.27. The molecule has 1 unspecified atom stereocenters. The Morgan fingerprint density at radius 3 is 3.09 bits per heavy atom. The molecular formula is C6H11N2O3. The summed E-state index contributed by atoms with van der Waals surface area (Å²) in [6.45, 7) is 0.830. The highest BCUT2D eigenvalue weighted by atomic mass is 17.2. The van der Waals surface area contributed by atoms with Gasteiger partial charge in [-0.2, -0.15) is 4.89 Å². The van der Waals surface area contributed by atoms with Crippen molar-refractivity contribution in [2.75, 3.05) is 13.7 Å². The van der Waals surface area contributed by atoms with Crippen LogP contribution in [0.25, 0.3) is 0 Å². The van der Waals surface area contributed by atoms with Crippen molar-refractivity contribution in [3.05, 3.63) is 0 Å². The van der Waals surface area contributed by atoms with Gasteiger partial charge in [0.2, 0.25) is 0 Å². The third-order valence-corrected chi connectivity index (χ3v) is 1.45. The summed E-state index contributed by atoms with van der Waals surface area (Å²) < 4.78 is 0. The second-order valence-corrected chi connectivity index (χ2v) is 2.26. The van der Waals surface area contributed by atoms with E-state index >= 15 is 0 Å². The molecule has 63 valence electrons. The summed E-state index contributed by atoms with van der Waals surface area (Å²) in [7, 11) is 1.30. The van der Waals surface area contributed by atoms with Crippen LogP contribution in [0, 0.1) is 0 Å². The third kappa shape index (κ3) is 2.45. The average molecular weight is 159 g/mol. The molecule has 0 saturated carbocycles. The topological polar surface area (TPSA) is 61.7 Å². The van der Waals surface area contributed by atoms with Gasteiger partial charge in [-0.3, -0.25) is 4.89 Å². The van der Waals surface area contributed by atoms with Crippen LogP contribution in [0.1, 0.15) is 12.8 Å². The molecule has 1 rings (SSSR count). The van der Waals surface area contributed by atoms with Gasteiger partial charge in [0.25, 0.3) is 0 Å². The van der Waals surface area contributed by atoms with Crippen LogP contribution in [0.5, 0.6) is 0 Å². The van der Waals surface area contributed by atoms with Gasteiger partial charge in [-0.15, -0.1) is 5.43 Å². The molecule has 5 heteroatoms. The van der Waals surface area contributed by atoms with Crippen molar-refractivity contribution < 1.29 is 14.6 Å². The Labute approximate surface area is 64.9 Å². The number of nitrogens with one attached hydrogen (secondary N) is 1. The molecule has 0 aromatic rings. The normalized spacial score (nSPS) is 24.6. The zero-order valence-corrected chi connectivity index (χ0v) is 6.37. The fourth-order valence-corrected chi connectivity index (χ4v) is 0.922. The van der Waals surface area contributed by atoms with Crippen molar-refractivity contribution in [1.82, 2.24) is 10.9 Å². The minimum atomic E-state index is -0.431. The van der Waals surface area contributed by atoms with Crippen molar-refractivity contribution in [3.8, 4) is 0 Å². The molecule has 0 amide bonds. The van der Waals surface area contributed by atoms with E-state index in [0.717, 1.165) is 19.4 Å². The smallest absolute Gasteiger partial charge is 0.297 e. The molecule has 1 aliphatic heterocycles. The Hall–Kier alpha value is -0.650. The van der Waals surface area contributed by atoms with Crippen LogP contribution in [-0.2, 0) is 14.6 Å². The Morgan fingerprint density at radius 2 is 2.55 bits per heavy atom. The summed E-state index contributed by atoms with van der Waals surface area (Å²) in [5, 5.41) is 0. The van der Waals surface area contributed by atoms with Crippen molar-refractivity contribution >= 4 is 5.97 Å². The molecular weight excluding hydrogens is 148 g/mol. The van der Waals surface area contributed by atoms with Crippen LogP contribution in [0.15, 0.2) is 0 Å². The lowest BCUT2D eigenvalue weighted by Gasteiger charge is -2.18. The molecule has 0 aromatic heterocycles. The van der Waals surface area contributed by atoms with E-state index in [1.165, 1.54) is 7.11 Å².